The minimum absolute atomic E-state index is 0. The SMILES string of the molecule is CS(=O)(=O)c1cncc(CCCCN)c1.Cl.Cl. The lowest BCUT2D eigenvalue weighted by Crippen LogP contribution is -2.01. The first-order chi connectivity index (χ1) is 7.04. The van der Waals surface area contributed by atoms with Crippen LogP contribution in [0.4, 0.5) is 0 Å². The maximum atomic E-state index is 11.3. The summed E-state index contributed by atoms with van der Waals surface area (Å²) in [4.78, 5) is 4.20. The summed E-state index contributed by atoms with van der Waals surface area (Å²) in [5, 5.41) is 0. The highest BCUT2D eigenvalue weighted by Gasteiger charge is 2.07. The molecule has 0 spiro atoms. The van der Waals surface area contributed by atoms with Crippen molar-refractivity contribution in [2.24, 2.45) is 5.73 Å². The molecule has 0 radical (unpaired) electrons. The van der Waals surface area contributed by atoms with Crippen molar-refractivity contribution in [3.05, 3.63) is 24.0 Å². The number of hydrogen-bond donors (Lipinski definition) is 1. The van der Waals surface area contributed by atoms with Crippen LogP contribution in [0.5, 0.6) is 0 Å². The van der Waals surface area contributed by atoms with Gasteiger partial charge in [0.15, 0.2) is 9.84 Å². The van der Waals surface area contributed by atoms with E-state index in [0.717, 1.165) is 24.8 Å². The van der Waals surface area contributed by atoms with Crippen molar-refractivity contribution in [2.75, 3.05) is 12.8 Å². The zero-order chi connectivity index (χ0) is 11.3. The lowest BCUT2D eigenvalue weighted by molar-refractivity contribution is 0.601. The molecule has 0 saturated heterocycles. The summed E-state index contributed by atoms with van der Waals surface area (Å²) < 4.78 is 22.5. The zero-order valence-electron chi connectivity index (χ0n) is 9.63. The predicted molar refractivity (Wildman–Crippen MR) is 73.8 cm³/mol. The Bertz CT molecular complexity index is 424. The predicted octanol–water partition coefficient (Wildman–Crippen LogP) is 1.61. The highest BCUT2D eigenvalue weighted by molar-refractivity contribution is 7.90. The quantitative estimate of drug-likeness (QED) is 0.839. The number of hydrogen-bond acceptors (Lipinski definition) is 4. The molecule has 0 aliphatic rings. The lowest BCUT2D eigenvalue weighted by Gasteiger charge is -2.02. The number of pyridine rings is 1. The molecule has 4 nitrogen and oxygen atoms in total. The number of rotatable bonds is 5. The second kappa shape index (κ2) is 8.69. The Balaban J connectivity index is 0. The third kappa shape index (κ3) is 6.83. The Morgan fingerprint density at radius 1 is 1.24 bits per heavy atom. The molecule has 17 heavy (non-hydrogen) atoms. The minimum atomic E-state index is -3.14. The summed E-state index contributed by atoms with van der Waals surface area (Å²) in [5.41, 5.74) is 6.33. The average Bonchev–Trinajstić information content (AvgIpc) is 2.17. The van der Waals surface area contributed by atoms with E-state index in [1.165, 1.54) is 12.5 Å². The Kier molecular flexibility index (Phi) is 9.71. The van der Waals surface area contributed by atoms with Crippen molar-refractivity contribution in [1.82, 2.24) is 4.98 Å². The summed E-state index contributed by atoms with van der Waals surface area (Å²) in [6, 6.07) is 1.68. The van der Waals surface area contributed by atoms with E-state index in [1.807, 2.05) is 0 Å². The molecule has 1 rings (SSSR count). The first-order valence-corrected chi connectivity index (χ1v) is 6.77. The summed E-state index contributed by atoms with van der Waals surface area (Å²) in [6.45, 7) is 0.666. The Morgan fingerprint density at radius 2 is 1.88 bits per heavy atom. The molecule has 1 aromatic rings. The molecule has 0 aliphatic heterocycles. The molecular formula is C10H18Cl2N2O2S. The van der Waals surface area contributed by atoms with Crippen molar-refractivity contribution in [1.29, 1.82) is 0 Å². The smallest absolute Gasteiger partial charge is 0.177 e. The van der Waals surface area contributed by atoms with Crippen molar-refractivity contribution in [3.63, 3.8) is 0 Å². The van der Waals surface area contributed by atoms with Gasteiger partial charge >= 0.3 is 0 Å². The normalized spacial score (nSPS) is 10.2. The van der Waals surface area contributed by atoms with Gasteiger partial charge in [-0.3, -0.25) is 4.98 Å². The van der Waals surface area contributed by atoms with Crippen molar-refractivity contribution in [3.8, 4) is 0 Å². The van der Waals surface area contributed by atoms with Crippen LogP contribution in [0.1, 0.15) is 18.4 Å². The van der Waals surface area contributed by atoms with Gasteiger partial charge in [-0.1, -0.05) is 0 Å². The van der Waals surface area contributed by atoms with Gasteiger partial charge in [0.1, 0.15) is 0 Å². The minimum Gasteiger partial charge on any atom is -0.330 e. The van der Waals surface area contributed by atoms with Gasteiger partial charge < -0.3 is 5.73 Å². The van der Waals surface area contributed by atoms with Crippen LogP contribution in [-0.2, 0) is 16.3 Å². The molecule has 100 valence electrons. The highest BCUT2D eigenvalue weighted by Crippen LogP contribution is 2.11. The maximum Gasteiger partial charge on any atom is 0.177 e. The number of aromatic nitrogens is 1. The Labute approximate surface area is 115 Å². The second-order valence-corrected chi connectivity index (χ2v) is 5.56. The standard InChI is InChI=1S/C10H16N2O2S.2ClH/c1-15(13,14)10-6-9(7-12-8-10)4-2-3-5-11;;/h6-8H,2-5,11H2,1H3;2*1H. The van der Waals surface area contributed by atoms with E-state index >= 15 is 0 Å². The van der Waals surface area contributed by atoms with Crippen molar-refractivity contribution in [2.45, 2.75) is 24.2 Å². The van der Waals surface area contributed by atoms with Crippen LogP contribution >= 0.6 is 24.8 Å². The van der Waals surface area contributed by atoms with Gasteiger partial charge in [-0.05, 0) is 37.4 Å². The van der Waals surface area contributed by atoms with Crippen LogP contribution < -0.4 is 5.73 Å². The number of sulfone groups is 1. The third-order valence-electron chi connectivity index (χ3n) is 2.12. The lowest BCUT2D eigenvalue weighted by atomic mass is 10.1. The van der Waals surface area contributed by atoms with Gasteiger partial charge in [0.2, 0.25) is 0 Å². The molecule has 0 bridgehead atoms. The number of halogens is 2. The summed E-state index contributed by atoms with van der Waals surface area (Å²) in [5.74, 6) is 0. The Hall–Kier alpha value is -0.360. The van der Waals surface area contributed by atoms with E-state index in [0.29, 0.717) is 6.54 Å². The van der Waals surface area contributed by atoms with Crippen LogP contribution in [0.2, 0.25) is 0 Å². The monoisotopic (exact) mass is 300 g/mol. The van der Waals surface area contributed by atoms with Crippen molar-refractivity contribution < 1.29 is 8.42 Å². The molecule has 0 atom stereocenters. The fourth-order valence-corrected chi connectivity index (χ4v) is 1.89. The molecule has 0 aromatic carbocycles. The van der Waals surface area contributed by atoms with Gasteiger partial charge in [-0.15, -0.1) is 24.8 Å². The molecule has 0 fully saturated rings. The number of nitrogens with zero attached hydrogens (tertiary/aromatic N) is 1. The number of nitrogens with two attached hydrogens (primary N) is 1. The van der Waals surface area contributed by atoms with Gasteiger partial charge in [-0.2, -0.15) is 0 Å². The molecule has 7 heteroatoms. The maximum absolute atomic E-state index is 11.3. The zero-order valence-corrected chi connectivity index (χ0v) is 12.1. The molecule has 0 unspecified atom stereocenters. The van der Waals surface area contributed by atoms with Crippen LogP contribution in [0.15, 0.2) is 23.4 Å². The van der Waals surface area contributed by atoms with Gasteiger partial charge in [0.05, 0.1) is 4.90 Å². The van der Waals surface area contributed by atoms with Gasteiger partial charge in [0.25, 0.3) is 0 Å². The summed E-state index contributed by atoms with van der Waals surface area (Å²) in [7, 11) is -3.14. The fourth-order valence-electron chi connectivity index (χ4n) is 1.28. The fraction of sp³-hybridized carbons (Fsp3) is 0.500. The molecule has 1 aromatic heterocycles. The van der Waals surface area contributed by atoms with Crippen LogP contribution in [0, 0.1) is 0 Å². The molecular weight excluding hydrogens is 283 g/mol. The summed E-state index contributed by atoms with van der Waals surface area (Å²) in [6.07, 6.45) is 7.00. The third-order valence-corrected chi connectivity index (χ3v) is 3.20. The van der Waals surface area contributed by atoms with Crippen LogP contribution in [0.25, 0.3) is 0 Å². The van der Waals surface area contributed by atoms with Gasteiger partial charge in [0, 0.05) is 18.6 Å². The number of unbranched alkanes of at least 4 members (excludes halogenated alkanes) is 1. The highest BCUT2D eigenvalue weighted by atomic mass is 35.5. The molecule has 0 amide bonds. The van der Waals surface area contributed by atoms with E-state index in [9.17, 15) is 8.42 Å². The first kappa shape index (κ1) is 19.0. The van der Waals surface area contributed by atoms with Crippen LogP contribution in [-0.4, -0.2) is 26.2 Å². The molecule has 1 heterocycles. The molecule has 0 aliphatic carbocycles. The topological polar surface area (TPSA) is 73.0 Å². The average molecular weight is 301 g/mol. The molecule has 0 saturated carbocycles. The Morgan fingerprint density at radius 3 is 2.41 bits per heavy atom. The number of aryl methyl sites for hydroxylation is 1. The van der Waals surface area contributed by atoms with E-state index in [1.54, 1.807) is 12.3 Å². The van der Waals surface area contributed by atoms with E-state index in [2.05, 4.69) is 4.98 Å². The van der Waals surface area contributed by atoms with Crippen LogP contribution in [0.3, 0.4) is 0 Å². The largest absolute Gasteiger partial charge is 0.330 e. The van der Waals surface area contributed by atoms with E-state index < -0.39 is 9.84 Å². The first-order valence-electron chi connectivity index (χ1n) is 4.88. The van der Waals surface area contributed by atoms with Crippen molar-refractivity contribution >= 4 is 34.7 Å². The van der Waals surface area contributed by atoms with E-state index in [-0.39, 0.29) is 29.7 Å². The van der Waals surface area contributed by atoms with Gasteiger partial charge in [-0.25, -0.2) is 8.42 Å². The molecule has 2 N–H and O–H groups in total. The summed E-state index contributed by atoms with van der Waals surface area (Å²) >= 11 is 0. The second-order valence-electron chi connectivity index (χ2n) is 3.55. The van der Waals surface area contributed by atoms with E-state index in [4.69, 9.17) is 5.73 Å².